The van der Waals surface area contributed by atoms with E-state index in [4.69, 9.17) is 19.3 Å². The second kappa shape index (κ2) is 7.06. The molecule has 3 aliphatic rings. The lowest BCUT2D eigenvalue weighted by molar-refractivity contribution is -0.0190. The lowest BCUT2D eigenvalue weighted by Gasteiger charge is -2.38. The fourth-order valence-electron chi connectivity index (χ4n) is 4.31. The van der Waals surface area contributed by atoms with Crippen LogP contribution in [0.3, 0.4) is 0 Å². The normalized spacial score (nSPS) is 21.4. The molecule has 0 aliphatic carbocycles. The van der Waals surface area contributed by atoms with Gasteiger partial charge in [-0.05, 0) is 36.4 Å². The van der Waals surface area contributed by atoms with Crippen molar-refractivity contribution in [2.24, 2.45) is 5.10 Å². The number of para-hydroxylation sites is 1. The average molecular weight is 463 g/mol. The molecule has 6 rings (SSSR count). The number of hydrogen-bond acceptors (Lipinski definition) is 5. The van der Waals surface area contributed by atoms with Crippen molar-refractivity contribution in [1.29, 1.82) is 0 Å². The van der Waals surface area contributed by atoms with Crippen LogP contribution in [-0.4, -0.2) is 23.9 Å². The molecule has 0 saturated carbocycles. The summed E-state index contributed by atoms with van der Waals surface area (Å²) in [5.74, 6) is 2.50. The molecule has 0 spiro atoms. The Labute approximate surface area is 183 Å². The third-order valence-electron chi connectivity index (χ3n) is 5.71. The molecule has 6 heteroatoms. The highest BCUT2D eigenvalue weighted by atomic mass is 79.9. The van der Waals surface area contributed by atoms with Gasteiger partial charge < -0.3 is 14.2 Å². The molecule has 150 valence electrons. The Balaban J connectivity index is 1.42. The smallest absolute Gasteiger partial charge is 0.213 e. The molecule has 3 aromatic carbocycles. The average Bonchev–Trinajstić information content (AvgIpc) is 3.24. The molecule has 30 heavy (non-hydrogen) atoms. The van der Waals surface area contributed by atoms with Crippen LogP contribution in [0.4, 0.5) is 0 Å². The Bertz CT molecular complexity index is 1160. The number of hydrogen-bond donors (Lipinski definition) is 0. The largest absolute Gasteiger partial charge is 0.486 e. The molecule has 0 amide bonds. The van der Waals surface area contributed by atoms with Crippen LogP contribution in [0.15, 0.2) is 76.3 Å². The first-order valence-corrected chi connectivity index (χ1v) is 10.8. The van der Waals surface area contributed by atoms with E-state index in [2.05, 4.69) is 51.3 Å². The Morgan fingerprint density at radius 1 is 0.867 bits per heavy atom. The Kier molecular flexibility index (Phi) is 4.20. The highest BCUT2D eigenvalue weighted by molar-refractivity contribution is 9.10. The number of nitrogens with zero attached hydrogens (tertiary/aromatic N) is 2. The van der Waals surface area contributed by atoms with Crippen molar-refractivity contribution in [3.8, 4) is 17.2 Å². The summed E-state index contributed by atoms with van der Waals surface area (Å²) in [6.07, 6.45) is 0.530. The fourth-order valence-corrected chi connectivity index (χ4v) is 4.73. The third kappa shape index (κ3) is 2.94. The lowest BCUT2D eigenvalue weighted by atomic mass is 9.96. The van der Waals surface area contributed by atoms with Crippen LogP contribution >= 0.6 is 15.9 Å². The van der Waals surface area contributed by atoms with E-state index in [0.717, 1.165) is 45.0 Å². The van der Waals surface area contributed by atoms with Gasteiger partial charge in [-0.25, -0.2) is 5.01 Å². The molecule has 0 saturated heterocycles. The molecule has 2 atom stereocenters. The summed E-state index contributed by atoms with van der Waals surface area (Å²) >= 11 is 3.58. The van der Waals surface area contributed by atoms with Gasteiger partial charge in [0.05, 0.1) is 11.8 Å². The Hall–Kier alpha value is -2.99. The quantitative estimate of drug-likeness (QED) is 0.506. The van der Waals surface area contributed by atoms with Gasteiger partial charge in [-0.15, -0.1) is 0 Å². The van der Waals surface area contributed by atoms with Crippen molar-refractivity contribution in [2.75, 3.05) is 13.2 Å². The molecule has 3 aliphatic heterocycles. The number of halogens is 1. The topological polar surface area (TPSA) is 43.3 Å². The van der Waals surface area contributed by atoms with E-state index in [1.54, 1.807) is 0 Å². The van der Waals surface area contributed by atoms with E-state index in [0.29, 0.717) is 13.2 Å². The maximum atomic E-state index is 6.41. The first kappa shape index (κ1) is 17.8. The predicted octanol–water partition coefficient (Wildman–Crippen LogP) is 5.46. The summed E-state index contributed by atoms with van der Waals surface area (Å²) < 4.78 is 18.9. The van der Waals surface area contributed by atoms with Gasteiger partial charge in [0.15, 0.2) is 11.5 Å². The Morgan fingerprint density at radius 3 is 2.63 bits per heavy atom. The third-order valence-corrected chi connectivity index (χ3v) is 6.20. The van der Waals surface area contributed by atoms with Crippen LogP contribution in [-0.2, 0) is 0 Å². The van der Waals surface area contributed by atoms with Crippen molar-refractivity contribution in [2.45, 2.75) is 18.7 Å². The first-order valence-electron chi connectivity index (χ1n) is 10.0. The highest BCUT2D eigenvalue weighted by Gasteiger charge is 2.41. The van der Waals surface area contributed by atoms with Crippen molar-refractivity contribution in [3.05, 3.63) is 87.9 Å². The summed E-state index contributed by atoms with van der Waals surface area (Å²) in [6.45, 7) is 1.16. The molecular weight excluding hydrogens is 444 g/mol. The van der Waals surface area contributed by atoms with Crippen LogP contribution in [0.25, 0.3) is 0 Å². The molecular formula is C24H19BrN2O3. The number of hydrazone groups is 1. The molecule has 0 radical (unpaired) electrons. The van der Waals surface area contributed by atoms with Crippen molar-refractivity contribution in [1.82, 2.24) is 5.01 Å². The van der Waals surface area contributed by atoms with E-state index in [1.165, 1.54) is 5.56 Å². The summed E-state index contributed by atoms with van der Waals surface area (Å²) in [5.41, 5.74) is 4.31. The second-order valence-corrected chi connectivity index (χ2v) is 8.48. The van der Waals surface area contributed by atoms with Gasteiger partial charge in [-0.3, -0.25) is 0 Å². The maximum absolute atomic E-state index is 6.41. The monoisotopic (exact) mass is 462 g/mol. The molecule has 0 N–H and O–H groups in total. The van der Waals surface area contributed by atoms with E-state index >= 15 is 0 Å². The van der Waals surface area contributed by atoms with Gasteiger partial charge in [0, 0.05) is 27.6 Å². The number of benzene rings is 3. The van der Waals surface area contributed by atoms with Gasteiger partial charge in [-0.1, -0.05) is 46.3 Å². The van der Waals surface area contributed by atoms with E-state index < -0.39 is 0 Å². The molecule has 0 fully saturated rings. The van der Waals surface area contributed by atoms with Crippen molar-refractivity contribution >= 4 is 21.6 Å². The van der Waals surface area contributed by atoms with Gasteiger partial charge in [0.25, 0.3) is 0 Å². The fraction of sp³-hybridized carbons (Fsp3) is 0.208. The predicted molar refractivity (Wildman–Crippen MR) is 117 cm³/mol. The van der Waals surface area contributed by atoms with E-state index in [1.807, 2.05) is 36.4 Å². The molecule has 0 unspecified atom stereocenters. The SMILES string of the molecule is Brc1cccc([C@@H]2Oc3ccccc3[C@H]3CC(c4ccc5c(c4)OCCO5)=NN32)c1. The minimum atomic E-state index is -0.280. The first-order chi connectivity index (χ1) is 14.8. The highest BCUT2D eigenvalue weighted by Crippen LogP contribution is 2.48. The zero-order chi connectivity index (χ0) is 20.1. The Morgan fingerprint density at radius 2 is 1.73 bits per heavy atom. The molecule has 3 heterocycles. The second-order valence-electron chi connectivity index (χ2n) is 7.57. The molecule has 0 bridgehead atoms. The zero-order valence-electron chi connectivity index (χ0n) is 16.1. The summed E-state index contributed by atoms with van der Waals surface area (Å²) in [7, 11) is 0. The van der Waals surface area contributed by atoms with Gasteiger partial charge in [0.2, 0.25) is 6.23 Å². The van der Waals surface area contributed by atoms with E-state index in [9.17, 15) is 0 Å². The minimum Gasteiger partial charge on any atom is -0.486 e. The zero-order valence-corrected chi connectivity index (χ0v) is 17.7. The molecule has 0 aromatic heterocycles. The summed E-state index contributed by atoms with van der Waals surface area (Å²) in [6, 6.07) is 22.7. The van der Waals surface area contributed by atoms with Crippen LogP contribution in [0.5, 0.6) is 17.2 Å². The van der Waals surface area contributed by atoms with Crippen LogP contribution < -0.4 is 14.2 Å². The lowest BCUT2D eigenvalue weighted by Crippen LogP contribution is -2.33. The number of rotatable bonds is 2. The maximum Gasteiger partial charge on any atom is 0.213 e. The van der Waals surface area contributed by atoms with Gasteiger partial charge >= 0.3 is 0 Å². The number of ether oxygens (including phenoxy) is 3. The molecule has 3 aromatic rings. The van der Waals surface area contributed by atoms with Crippen LogP contribution in [0, 0.1) is 0 Å². The van der Waals surface area contributed by atoms with E-state index in [-0.39, 0.29) is 12.3 Å². The minimum absolute atomic E-state index is 0.127. The summed E-state index contributed by atoms with van der Waals surface area (Å²) in [4.78, 5) is 0. The van der Waals surface area contributed by atoms with Crippen molar-refractivity contribution < 1.29 is 14.2 Å². The summed E-state index contributed by atoms with van der Waals surface area (Å²) in [5, 5.41) is 7.12. The standard InChI is InChI=1S/C24H19BrN2O3/c25-17-5-3-4-16(12-17)24-27-20(18-6-1-2-7-21(18)30-24)14-19(26-27)15-8-9-22-23(13-15)29-11-10-28-22/h1-9,12-13,20,24H,10-11,14H2/t20-,24+/m1/s1. The number of fused-ring (bicyclic) bond motifs is 4. The molecule has 5 nitrogen and oxygen atoms in total. The van der Waals surface area contributed by atoms with Gasteiger partial charge in [-0.2, -0.15) is 5.10 Å². The van der Waals surface area contributed by atoms with Crippen LogP contribution in [0.1, 0.15) is 35.4 Å². The van der Waals surface area contributed by atoms with Crippen molar-refractivity contribution in [3.63, 3.8) is 0 Å². The van der Waals surface area contributed by atoms with Gasteiger partial charge in [0.1, 0.15) is 19.0 Å². The van der Waals surface area contributed by atoms with Crippen LogP contribution in [0.2, 0.25) is 0 Å².